The summed E-state index contributed by atoms with van der Waals surface area (Å²) in [6.45, 7) is 3.56. The van der Waals surface area contributed by atoms with E-state index in [9.17, 15) is 9.59 Å². The van der Waals surface area contributed by atoms with Crippen LogP contribution >= 0.6 is 0 Å². The summed E-state index contributed by atoms with van der Waals surface area (Å²) in [4.78, 5) is 29.1. The number of carboxylic acids is 1. The Labute approximate surface area is 133 Å². The standard InChI is InChI=1S/C16H18N4O3/c1-10-7-11(2)20(18-10)14-6-3-12(8-17-14)16(23)19(9-15(21)22)13-4-5-13/h3,6-8,13H,4-5,9H2,1-2H3,(H,21,22). The highest BCUT2D eigenvalue weighted by atomic mass is 16.4. The van der Waals surface area contributed by atoms with Crippen molar-refractivity contribution in [2.24, 2.45) is 0 Å². The van der Waals surface area contributed by atoms with Gasteiger partial charge in [0, 0.05) is 17.9 Å². The van der Waals surface area contributed by atoms with E-state index in [-0.39, 0.29) is 18.5 Å². The van der Waals surface area contributed by atoms with Crippen molar-refractivity contribution in [1.82, 2.24) is 19.7 Å². The third-order valence-electron chi connectivity index (χ3n) is 3.78. The third kappa shape index (κ3) is 3.23. The molecule has 23 heavy (non-hydrogen) atoms. The highest BCUT2D eigenvalue weighted by Crippen LogP contribution is 2.28. The fourth-order valence-corrected chi connectivity index (χ4v) is 2.56. The molecule has 2 aromatic rings. The first-order valence-corrected chi connectivity index (χ1v) is 7.48. The first-order chi connectivity index (χ1) is 11.0. The number of hydrogen-bond donors (Lipinski definition) is 1. The van der Waals surface area contributed by atoms with Crippen molar-refractivity contribution >= 4 is 11.9 Å². The lowest BCUT2D eigenvalue weighted by Gasteiger charge is -2.20. The van der Waals surface area contributed by atoms with Gasteiger partial charge >= 0.3 is 5.97 Å². The number of aryl methyl sites for hydroxylation is 2. The van der Waals surface area contributed by atoms with Crippen molar-refractivity contribution in [2.45, 2.75) is 32.7 Å². The van der Waals surface area contributed by atoms with Crippen molar-refractivity contribution in [1.29, 1.82) is 0 Å². The Kier molecular flexibility index (Phi) is 3.85. The lowest BCUT2D eigenvalue weighted by molar-refractivity contribution is -0.137. The Bertz CT molecular complexity index is 747. The topological polar surface area (TPSA) is 88.3 Å². The Balaban J connectivity index is 1.82. The first kappa shape index (κ1) is 15.2. The van der Waals surface area contributed by atoms with E-state index in [1.165, 1.54) is 11.1 Å². The van der Waals surface area contributed by atoms with Gasteiger partial charge in [0.1, 0.15) is 6.54 Å². The van der Waals surface area contributed by atoms with Crippen molar-refractivity contribution in [2.75, 3.05) is 6.54 Å². The number of hydrogen-bond acceptors (Lipinski definition) is 4. The second-order valence-corrected chi connectivity index (χ2v) is 5.80. The molecule has 1 fully saturated rings. The van der Waals surface area contributed by atoms with Gasteiger partial charge in [-0.15, -0.1) is 0 Å². The molecule has 0 saturated heterocycles. The van der Waals surface area contributed by atoms with Crippen LogP contribution in [0, 0.1) is 13.8 Å². The van der Waals surface area contributed by atoms with Crippen LogP contribution < -0.4 is 0 Å². The Morgan fingerprint density at radius 3 is 2.57 bits per heavy atom. The van der Waals surface area contributed by atoms with Crippen LogP contribution in [0.2, 0.25) is 0 Å². The minimum atomic E-state index is -1.00. The minimum Gasteiger partial charge on any atom is -0.480 e. The molecule has 1 aliphatic carbocycles. The van der Waals surface area contributed by atoms with Crippen LogP contribution in [0.15, 0.2) is 24.4 Å². The lowest BCUT2D eigenvalue weighted by Crippen LogP contribution is -2.37. The molecule has 1 saturated carbocycles. The van der Waals surface area contributed by atoms with E-state index in [0.717, 1.165) is 24.2 Å². The summed E-state index contributed by atoms with van der Waals surface area (Å²) in [6.07, 6.45) is 3.19. The summed E-state index contributed by atoms with van der Waals surface area (Å²) < 4.78 is 1.71. The van der Waals surface area contributed by atoms with Crippen molar-refractivity contribution in [3.8, 4) is 5.82 Å². The second-order valence-electron chi connectivity index (χ2n) is 5.80. The summed E-state index contributed by atoms with van der Waals surface area (Å²) in [7, 11) is 0. The van der Waals surface area contributed by atoms with Gasteiger partial charge in [0.2, 0.25) is 0 Å². The Hall–Kier alpha value is -2.70. The molecule has 0 radical (unpaired) electrons. The van der Waals surface area contributed by atoms with Crippen LogP contribution in [-0.4, -0.2) is 49.2 Å². The number of carboxylic acid groups (broad SMARTS) is 1. The molecule has 7 heteroatoms. The van der Waals surface area contributed by atoms with E-state index in [4.69, 9.17) is 5.11 Å². The molecule has 2 aromatic heterocycles. The van der Waals surface area contributed by atoms with E-state index in [1.807, 2.05) is 19.9 Å². The summed E-state index contributed by atoms with van der Waals surface area (Å²) in [5, 5.41) is 13.3. The molecule has 1 aliphatic rings. The molecule has 3 rings (SSSR count). The zero-order valence-electron chi connectivity index (χ0n) is 13.1. The number of aliphatic carboxylic acids is 1. The van der Waals surface area contributed by atoms with Crippen LogP contribution in [-0.2, 0) is 4.79 Å². The number of carbonyl (C=O) groups excluding carboxylic acids is 1. The monoisotopic (exact) mass is 314 g/mol. The maximum Gasteiger partial charge on any atom is 0.323 e. The number of amides is 1. The highest BCUT2D eigenvalue weighted by molar-refractivity contribution is 5.96. The second kappa shape index (κ2) is 5.83. The number of aromatic nitrogens is 3. The Morgan fingerprint density at radius 1 is 1.35 bits per heavy atom. The lowest BCUT2D eigenvalue weighted by atomic mass is 10.2. The van der Waals surface area contributed by atoms with Crippen LogP contribution in [0.1, 0.15) is 34.6 Å². The van der Waals surface area contributed by atoms with Gasteiger partial charge in [-0.3, -0.25) is 9.59 Å². The molecular weight excluding hydrogens is 296 g/mol. The molecule has 0 aromatic carbocycles. The normalized spacial score (nSPS) is 13.8. The average molecular weight is 314 g/mol. The molecule has 0 spiro atoms. The van der Waals surface area contributed by atoms with Crippen molar-refractivity contribution in [3.63, 3.8) is 0 Å². The molecule has 120 valence electrons. The zero-order chi connectivity index (χ0) is 16.6. The van der Waals surface area contributed by atoms with Gasteiger partial charge < -0.3 is 10.0 Å². The van der Waals surface area contributed by atoms with E-state index in [1.54, 1.807) is 16.8 Å². The van der Waals surface area contributed by atoms with Crippen LogP contribution in [0.3, 0.4) is 0 Å². The van der Waals surface area contributed by atoms with Crippen molar-refractivity contribution in [3.05, 3.63) is 41.3 Å². The molecule has 2 heterocycles. The number of nitrogens with zero attached hydrogens (tertiary/aromatic N) is 4. The average Bonchev–Trinajstić information content (AvgIpc) is 3.29. The minimum absolute atomic E-state index is 0.0364. The smallest absolute Gasteiger partial charge is 0.323 e. The molecule has 0 unspecified atom stereocenters. The SMILES string of the molecule is Cc1cc(C)n(-c2ccc(C(=O)N(CC(=O)O)C3CC3)cn2)n1. The number of rotatable bonds is 5. The summed E-state index contributed by atoms with van der Waals surface area (Å²) in [5.41, 5.74) is 2.24. The highest BCUT2D eigenvalue weighted by Gasteiger charge is 2.34. The largest absolute Gasteiger partial charge is 0.480 e. The van der Waals surface area contributed by atoms with Crippen molar-refractivity contribution < 1.29 is 14.7 Å². The van der Waals surface area contributed by atoms with Gasteiger partial charge in [0.05, 0.1) is 11.3 Å². The fraction of sp³-hybridized carbons (Fsp3) is 0.375. The summed E-state index contributed by atoms with van der Waals surface area (Å²) >= 11 is 0. The maximum absolute atomic E-state index is 12.5. The van der Waals surface area contributed by atoms with E-state index >= 15 is 0 Å². The molecule has 0 aliphatic heterocycles. The molecule has 1 N–H and O–H groups in total. The Morgan fingerprint density at radius 2 is 2.09 bits per heavy atom. The van der Waals surface area contributed by atoms with Crippen LogP contribution in [0.5, 0.6) is 0 Å². The van der Waals surface area contributed by atoms with Gasteiger partial charge in [-0.25, -0.2) is 9.67 Å². The van der Waals surface area contributed by atoms with Gasteiger partial charge in [-0.05, 0) is 44.9 Å². The summed E-state index contributed by atoms with van der Waals surface area (Å²) in [6, 6.07) is 5.37. The van der Waals surface area contributed by atoms with Crippen LogP contribution in [0.4, 0.5) is 0 Å². The molecule has 1 amide bonds. The third-order valence-corrected chi connectivity index (χ3v) is 3.78. The molecule has 0 bridgehead atoms. The predicted molar refractivity (Wildman–Crippen MR) is 82.5 cm³/mol. The maximum atomic E-state index is 12.5. The summed E-state index contributed by atoms with van der Waals surface area (Å²) in [5.74, 6) is -0.664. The van der Waals surface area contributed by atoms with E-state index < -0.39 is 5.97 Å². The molecule has 0 atom stereocenters. The van der Waals surface area contributed by atoms with Crippen LogP contribution in [0.25, 0.3) is 5.82 Å². The molecular formula is C16H18N4O3. The van der Waals surface area contributed by atoms with Gasteiger partial charge in [-0.2, -0.15) is 5.10 Å². The molecule has 7 nitrogen and oxygen atoms in total. The number of pyridine rings is 1. The quantitative estimate of drug-likeness (QED) is 0.905. The predicted octanol–water partition coefficient (Wildman–Crippen LogP) is 1.57. The van der Waals surface area contributed by atoms with Gasteiger partial charge in [0.15, 0.2) is 5.82 Å². The van der Waals surface area contributed by atoms with E-state index in [0.29, 0.717) is 11.4 Å². The number of carbonyl (C=O) groups is 2. The van der Waals surface area contributed by atoms with Gasteiger partial charge in [0.25, 0.3) is 5.91 Å². The zero-order valence-corrected chi connectivity index (χ0v) is 13.1. The fourth-order valence-electron chi connectivity index (χ4n) is 2.56. The van der Waals surface area contributed by atoms with Gasteiger partial charge in [-0.1, -0.05) is 0 Å². The first-order valence-electron chi connectivity index (χ1n) is 7.48. The van der Waals surface area contributed by atoms with E-state index in [2.05, 4.69) is 10.1 Å².